The van der Waals surface area contributed by atoms with Gasteiger partial charge in [0.05, 0.1) is 17.7 Å². The van der Waals surface area contributed by atoms with Crippen LogP contribution in [-0.4, -0.2) is 18.2 Å². The van der Waals surface area contributed by atoms with Crippen LogP contribution >= 0.6 is 15.9 Å². The summed E-state index contributed by atoms with van der Waals surface area (Å²) >= 11 is 3.37. The number of rotatable bonds is 4. The largest absolute Gasteiger partial charge is 0.487 e. The Morgan fingerprint density at radius 2 is 2.00 bits per heavy atom. The van der Waals surface area contributed by atoms with Gasteiger partial charge in [0.2, 0.25) is 0 Å². The standard InChI is InChI=1S/C9H12BrNO2/c1-3-12-8-7(10)5-6-11-9(8)13-4-2/h5-6H,3-4H2,1-2H3. The minimum atomic E-state index is 0.540. The molecule has 0 bridgehead atoms. The molecule has 0 saturated heterocycles. The van der Waals surface area contributed by atoms with Crippen molar-refractivity contribution in [1.29, 1.82) is 0 Å². The van der Waals surface area contributed by atoms with E-state index >= 15 is 0 Å². The van der Waals surface area contributed by atoms with E-state index in [-0.39, 0.29) is 0 Å². The van der Waals surface area contributed by atoms with Gasteiger partial charge in [0.1, 0.15) is 0 Å². The quantitative estimate of drug-likeness (QED) is 0.818. The van der Waals surface area contributed by atoms with E-state index in [1.54, 1.807) is 6.20 Å². The van der Waals surface area contributed by atoms with Gasteiger partial charge in [0.15, 0.2) is 5.75 Å². The summed E-state index contributed by atoms with van der Waals surface area (Å²) in [6, 6.07) is 1.83. The van der Waals surface area contributed by atoms with Crippen molar-refractivity contribution in [1.82, 2.24) is 4.98 Å². The van der Waals surface area contributed by atoms with Gasteiger partial charge in [-0.1, -0.05) is 0 Å². The Labute approximate surface area is 86.2 Å². The first-order valence-corrected chi connectivity index (χ1v) is 4.99. The van der Waals surface area contributed by atoms with Crippen molar-refractivity contribution in [3.63, 3.8) is 0 Å². The second-order valence-electron chi connectivity index (χ2n) is 2.29. The molecular formula is C9H12BrNO2. The third-order valence-corrected chi connectivity index (χ3v) is 2.02. The van der Waals surface area contributed by atoms with Crippen molar-refractivity contribution in [2.24, 2.45) is 0 Å². The van der Waals surface area contributed by atoms with Crippen LogP contribution in [-0.2, 0) is 0 Å². The van der Waals surface area contributed by atoms with Crippen molar-refractivity contribution in [2.75, 3.05) is 13.2 Å². The summed E-state index contributed by atoms with van der Waals surface area (Å²) in [5, 5.41) is 0. The second-order valence-corrected chi connectivity index (χ2v) is 3.15. The molecule has 13 heavy (non-hydrogen) atoms. The molecule has 0 unspecified atom stereocenters. The molecule has 1 aromatic heterocycles. The highest BCUT2D eigenvalue weighted by Gasteiger charge is 2.09. The molecule has 3 nitrogen and oxygen atoms in total. The van der Waals surface area contributed by atoms with Gasteiger partial charge in [-0.25, -0.2) is 4.98 Å². The Hall–Kier alpha value is -0.770. The summed E-state index contributed by atoms with van der Waals surface area (Å²) in [5.41, 5.74) is 0. The Morgan fingerprint density at radius 1 is 1.31 bits per heavy atom. The van der Waals surface area contributed by atoms with Crippen molar-refractivity contribution >= 4 is 15.9 Å². The van der Waals surface area contributed by atoms with E-state index in [0.29, 0.717) is 24.8 Å². The van der Waals surface area contributed by atoms with Gasteiger partial charge in [-0.05, 0) is 35.8 Å². The molecule has 0 radical (unpaired) electrons. The molecule has 0 spiro atoms. The fourth-order valence-electron chi connectivity index (χ4n) is 0.921. The predicted octanol–water partition coefficient (Wildman–Crippen LogP) is 2.64. The summed E-state index contributed by atoms with van der Waals surface area (Å²) < 4.78 is 11.6. The Balaban J connectivity index is 2.95. The van der Waals surface area contributed by atoms with Crippen molar-refractivity contribution in [3.8, 4) is 11.6 Å². The van der Waals surface area contributed by atoms with Gasteiger partial charge >= 0.3 is 0 Å². The third kappa shape index (κ3) is 2.59. The van der Waals surface area contributed by atoms with Crippen LogP contribution in [0.1, 0.15) is 13.8 Å². The lowest BCUT2D eigenvalue weighted by Crippen LogP contribution is -2.00. The highest BCUT2D eigenvalue weighted by atomic mass is 79.9. The highest BCUT2D eigenvalue weighted by Crippen LogP contribution is 2.32. The van der Waals surface area contributed by atoms with E-state index in [0.717, 1.165) is 4.47 Å². The van der Waals surface area contributed by atoms with Gasteiger partial charge in [-0.3, -0.25) is 0 Å². The molecule has 0 atom stereocenters. The molecule has 72 valence electrons. The lowest BCUT2D eigenvalue weighted by atomic mass is 10.4. The number of aromatic nitrogens is 1. The summed E-state index contributed by atoms with van der Waals surface area (Å²) in [7, 11) is 0. The molecule has 0 saturated carbocycles. The van der Waals surface area contributed by atoms with Crippen molar-refractivity contribution in [3.05, 3.63) is 16.7 Å². The van der Waals surface area contributed by atoms with E-state index in [2.05, 4.69) is 20.9 Å². The second kappa shape index (κ2) is 5.07. The van der Waals surface area contributed by atoms with Gasteiger partial charge in [-0.15, -0.1) is 0 Å². The lowest BCUT2D eigenvalue weighted by Gasteiger charge is -2.10. The predicted molar refractivity (Wildman–Crippen MR) is 54.3 cm³/mol. The molecule has 0 amide bonds. The molecule has 1 heterocycles. The molecule has 1 rings (SSSR count). The van der Waals surface area contributed by atoms with E-state index in [1.165, 1.54) is 0 Å². The number of hydrogen-bond acceptors (Lipinski definition) is 3. The number of nitrogens with zero attached hydrogens (tertiary/aromatic N) is 1. The minimum absolute atomic E-state index is 0.540. The number of halogens is 1. The average molecular weight is 246 g/mol. The molecule has 0 fully saturated rings. The molecular weight excluding hydrogens is 234 g/mol. The molecule has 0 aliphatic rings. The topological polar surface area (TPSA) is 31.4 Å². The zero-order valence-electron chi connectivity index (χ0n) is 7.71. The average Bonchev–Trinajstić information content (AvgIpc) is 2.11. The van der Waals surface area contributed by atoms with Crippen LogP contribution in [0.5, 0.6) is 11.6 Å². The number of ether oxygens (including phenoxy) is 2. The maximum Gasteiger partial charge on any atom is 0.258 e. The number of pyridine rings is 1. The van der Waals surface area contributed by atoms with E-state index in [4.69, 9.17) is 9.47 Å². The molecule has 0 aliphatic heterocycles. The smallest absolute Gasteiger partial charge is 0.258 e. The van der Waals surface area contributed by atoms with Gasteiger partial charge in [0.25, 0.3) is 5.88 Å². The Bertz CT molecular complexity index is 278. The van der Waals surface area contributed by atoms with Crippen molar-refractivity contribution in [2.45, 2.75) is 13.8 Å². The van der Waals surface area contributed by atoms with Crippen LogP contribution < -0.4 is 9.47 Å². The lowest BCUT2D eigenvalue weighted by molar-refractivity contribution is 0.276. The van der Waals surface area contributed by atoms with Crippen molar-refractivity contribution < 1.29 is 9.47 Å². The zero-order valence-corrected chi connectivity index (χ0v) is 9.30. The van der Waals surface area contributed by atoms with E-state index in [1.807, 2.05) is 19.9 Å². The number of hydrogen-bond donors (Lipinski definition) is 0. The van der Waals surface area contributed by atoms with E-state index in [9.17, 15) is 0 Å². The van der Waals surface area contributed by atoms with Crippen LogP contribution in [0.25, 0.3) is 0 Å². The first-order valence-electron chi connectivity index (χ1n) is 4.19. The minimum Gasteiger partial charge on any atom is -0.487 e. The van der Waals surface area contributed by atoms with Gasteiger partial charge in [-0.2, -0.15) is 0 Å². The SMILES string of the molecule is CCOc1nccc(Br)c1OCC. The maximum absolute atomic E-state index is 5.39. The van der Waals surface area contributed by atoms with Crippen LogP contribution in [0, 0.1) is 0 Å². The summed E-state index contributed by atoms with van der Waals surface area (Å²) in [6.45, 7) is 5.03. The first kappa shape index (κ1) is 10.3. The van der Waals surface area contributed by atoms with Gasteiger partial charge in [0, 0.05) is 6.20 Å². The van der Waals surface area contributed by atoms with Gasteiger partial charge < -0.3 is 9.47 Å². The monoisotopic (exact) mass is 245 g/mol. The summed E-state index contributed by atoms with van der Waals surface area (Å²) in [5.74, 6) is 1.21. The first-order chi connectivity index (χ1) is 6.29. The van der Waals surface area contributed by atoms with Crippen LogP contribution in [0.3, 0.4) is 0 Å². The molecule has 4 heteroatoms. The maximum atomic E-state index is 5.39. The van der Waals surface area contributed by atoms with Crippen LogP contribution in [0.2, 0.25) is 0 Å². The Kier molecular flexibility index (Phi) is 4.02. The fourth-order valence-corrected chi connectivity index (χ4v) is 1.32. The zero-order chi connectivity index (χ0) is 9.68. The van der Waals surface area contributed by atoms with E-state index < -0.39 is 0 Å². The highest BCUT2D eigenvalue weighted by molar-refractivity contribution is 9.10. The fraction of sp³-hybridized carbons (Fsp3) is 0.444. The molecule has 0 N–H and O–H groups in total. The summed E-state index contributed by atoms with van der Waals surface area (Å²) in [6.07, 6.45) is 1.68. The van der Waals surface area contributed by atoms with Crippen LogP contribution in [0.15, 0.2) is 16.7 Å². The molecule has 0 aromatic carbocycles. The van der Waals surface area contributed by atoms with Crippen LogP contribution in [0.4, 0.5) is 0 Å². The molecule has 1 aromatic rings. The Morgan fingerprint density at radius 3 is 2.62 bits per heavy atom. The third-order valence-electron chi connectivity index (χ3n) is 1.39. The molecule has 0 aliphatic carbocycles. The normalized spacial score (nSPS) is 9.77. The summed E-state index contributed by atoms with van der Waals surface area (Å²) in [4.78, 5) is 4.07.